The normalized spacial score (nSPS) is 12.4. The molecule has 0 radical (unpaired) electrons. The number of benzene rings is 1. The number of hydrogen-bond acceptors (Lipinski definition) is 4. The van der Waals surface area contributed by atoms with Gasteiger partial charge in [0.05, 0.1) is 19.3 Å². The Hall–Kier alpha value is -1.33. The molecule has 1 N–H and O–H groups in total. The highest BCUT2D eigenvalue weighted by atomic mass is 79.9. The van der Waals surface area contributed by atoms with Crippen molar-refractivity contribution in [2.45, 2.75) is 26.4 Å². The summed E-state index contributed by atoms with van der Waals surface area (Å²) < 4.78 is 11.9. The van der Waals surface area contributed by atoms with Gasteiger partial charge in [0.15, 0.2) is 0 Å². The van der Waals surface area contributed by atoms with Crippen LogP contribution in [0, 0.1) is 6.92 Å². The van der Waals surface area contributed by atoms with E-state index < -0.39 is 0 Å². The van der Waals surface area contributed by atoms with E-state index in [1.807, 2.05) is 32.0 Å². The van der Waals surface area contributed by atoms with Crippen molar-refractivity contribution in [2.75, 3.05) is 7.11 Å². The number of aryl methyl sites for hydroxylation is 1. The number of nitrogens with zero attached hydrogens (tertiary/aromatic N) is 1. The fourth-order valence-corrected chi connectivity index (χ4v) is 2.22. The Morgan fingerprint density at radius 2 is 2.26 bits per heavy atom. The predicted octanol–water partition coefficient (Wildman–Crippen LogP) is 3.60. The maximum atomic E-state index is 5.50. The van der Waals surface area contributed by atoms with Crippen molar-refractivity contribution in [3.05, 3.63) is 46.1 Å². The van der Waals surface area contributed by atoms with Gasteiger partial charge in [-0.2, -0.15) is 0 Å². The van der Waals surface area contributed by atoms with E-state index in [1.54, 1.807) is 13.3 Å². The molecule has 2 aromatic rings. The van der Waals surface area contributed by atoms with Crippen LogP contribution in [0.3, 0.4) is 0 Å². The summed E-state index contributed by atoms with van der Waals surface area (Å²) >= 11 is 3.47. The lowest BCUT2D eigenvalue weighted by Gasteiger charge is -2.13. The Balaban J connectivity index is 2.04. The predicted molar refractivity (Wildman–Crippen MR) is 77.2 cm³/mol. The highest BCUT2D eigenvalue weighted by Gasteiger charge is 2.12. The van der Waals surface area contributed by atoms with Crippen molar-refractivity contribution in [3.8, 4) is 5.75 Å². The zero-order valence-corrected chi connectivity index (χ0v) is 12.8. The van der Waals surface area contributed by atoms with E-state index in [1.165, 1.54) is 0 Å². The van der Waals surface area contributed by atoms with Gasteiger partial charge in [-0.3, -0.25) is 0 Å². The van der Waals surface area contributed by atoms with Gasteiger partial charge in [-0.25, -0.2) is 4.98 Å². The van der Waals surface area contributed by atoms with Gasteiger partial charge in [-0.1, -0.05) is 15.9 Å². The van der Waals surface area contributed by atoms with E-state index >= 15 is 0 Å². The first-order valence-corrected chi connectivity index (χ1v) is 6.87. The molecule has 0 aliphatic heterocycles. The van der Waals surface area contributed by atoms with Crippen LogP contribution in [-0.4, -0.2) is 12.1 Å². The number of ether oxygens (including phenoxy) is 1. The van der Waals surface area contributed by atoms with Crippen LogP contribution in [0.1, 0.15) is 30.2 Å². The minimum atomic E-state index is 0.0531. The second-order valence-corrected chi connectivity index (χ2v) is 5.28. The minimum absolute atomic E-state index is 0.0531. The van der Waals surface area contributed by atoms with Gasteiger partial charge in [0.1, 0.15) is 11.5 Å². The van der Waals surface area contributed by atoms with Crippen molar-refractivity contribution in [3.63, 3.8) is 0 Å². The lowest BCUT2D eigenvalue weighted by molar-refractivity contribution is 0.389. The van der Waals surface area contributed by atoms with E-state index in [-0.39, 0.29) is 6.04 Å². The Morgan fingerprint density at radius 1 is 1.47 bits per heavy atom. The number of hydrogen-bond donors (Lipinski definition) is 1. The second kappa shape index (κ2) is 6.21. The fraction of sp³-hybridized carbons (Fsp3) is 0.357. The van der Waals surface area contributed by atoms with Gasteiger partial charge in [0.25, 0.3) is 0 Å². The molecule has 0 amide bonds. The summed E-state index contributed by atoms with van der Waals surface area (Å²) in [6.45, 7) is 4.60. The van der Waals surface area contributed by atoms with Crippen molar-refractivity contribution in [2.24, 2.45) is 0 Å². The highest BCUT2D eigenvalue weighted by Crippen LogP contribution is 2.23. The largest absolute Gasteiger partial charge is 0.496 e. The smallest absolute Gasteiger partial charge is 0.211 e. The summed E-state index contributed by atoms with van der Waals surface area (Å²) in [7, 11) is 1.67. The maximum Gasteiger partial charge on any atom is 0.211 e. The van der Waals surface area contributed by atoms with Crippen LogP contribution in [-0.2, 0) is 6.54 Å². The minimum Gasteiger partial charge on any atom is -0.496 e. The summed E-state index contributed by atoms with van der Waals surface area (Å²) in [5, 5.41) is 3.37. The molecule has 4 nitrogen and oxygen atoms in total. The monoisotopic (exact) mass is 324 g/mol. The number of methoxy groups -OCH3 is 1. The van der Waals surface area contributed by atoms with Crippen molar-refractivity contribution in [1.82, 2.24) is 10.3 Å². The van der Waals surface area contributed by atoms with E-state index in [2.05, 4.69) is 26.2 Å². The van der Waals surface area contributed by atoms with Crippen LogP contribution in [0.2, 0.25) is 0 Å². The van der Waals surface area contributed by atoms with Gasteiger partial charge < -0.3 is 14.5 Å². The first-order chi connectivity index (χ1) is 9.10. The zero-order chi connectivity index (χ0) is 13.8. The molecule has 0 aliphatic carbocycles. The Labute approximate surface area is 121 Å². The highest BCUT2D eigenvalue weighted by molar-refractivity contribution is 9.10. The molecule has 1 aromatic heterocycles. The second-order valence-electron chi connectivity index (χ2n) is 4.37. The number of nitrogens with one attached hydrogen (secondary N) is 1. The van der Waals surface area contributed by atoms with E-state index in [9.17, 15) is 0 Å². The quantitative estimate of drug-likeness (QED) is 0.912. The van der Waals surface area contributed by atoms with Gasteiger partial charge in [-0.05, 0) is 32.0 Å². The third kappa shape index (κ3) is 3.58. The van der Waals surface area contributed by atoms with Gasteiger partial charge in [0.2, 0.25) is 5.89 Å². The molecule has 1 unspecified atom stereocenters. The first kappa shape index (κ1) is 14.1. The molecule has 0 saturated carbocycles. The van der Waals surface area contributed by atoms with Crippen LogP contribution in [0.15, 0.2) is 33.3 Å². The fourth-order valence-electron chi connectivity index (χ4n) is 1.81. The van der Waals surface area contributed by atoms with Crippen molar-refractivity contribution < 1.29 is 9.15 Å². The van der Waals surface area contributed by atoms with Gasteiger partial charge >= 0.3 is 0 Å². The summed E-state index contributed by atoms with van der Waals surface area (Å²) in [5.74, 6) is 2.39. The van der Waals surface area contributed by atoms with Crippen LogP contribution in [0.25, 0.3) is 0 Å². The molecule has 5 heteroatoms. The molecular weight excluding hydrogens is 308 g/mol. The first-order valence-electron chi connectivity index (χ1n) is 6.08. The molecule has 0 spiro atoms. The SMILES string of the molecule is COc1ccc(Br)cc1CNC(C)c1ncc(C)o1. The van der Waals surface area contributed by atoms with Crippen LogP contribution >= 0.6 is 15.9 Å². The average Bonchev–Trinajstić information content (AvgIpc) is 2.83. The number of rotatable bonds is 5. The Morgan fingerprint density at radius 3 is 2.89 bits per heavy atom. The lowest BCUT2D eigenvalue weighted by atomic mass is 10.2. The lowest BCUT2D eigenvalue weighted by Crippen LogP contribution is -2.18. The standard InChI is InChI=1S/C14H17BrN2O2/c1-9-7-17-14(19-9)10(2)16-8-11-6-12(15)4-5-13(11)18-3/h4-7,10,16H,8H2,1-3H3. The Kier molecular flexibility index (Phi) is 4.61. The van der Waals surface area contributed by atoms with Crippen LogP contribution in [0.5, 0.6) is 5.75 Å². The molecule has 1 atom stereocenters. The summed E-state index contributed by atoms with van der Waals surface area (Å²) in [5.41, 5.74) is 1.09. The summed E-state index contributed by atoms with van der Waals surface area (Å²) in [4.78, 5) is 4.22. The average molecular weight is 325 g/mol. The van der Waals surface area contributed by atoms with E-state index in [0.29, 0.717) is 12.4 Å². The molecule has 19 heavy (non-hydrogen) atoms. The molecule has 0 bridgehead atoms. The van der Waals surface area contributed by atoms with Crippen LogP contribution < -0.4 is 10.1 Å². The third-order valence-electron chi connectivity index (χ3n) is 2.85. The van der Waals surface area contributed by atoms with E-state index in [4.69, 9.17) is 9.15 Å². The number of halogens is 1. The molecule has 0 fully saturated rings. The molecule has 2 rings (SSSR count). The Bertz CT molecular complexity index is 554. The maximum absolute atomic E-state index is 5.50. The van der Waals surface area contributed by atoms with Crippen molar-refractivity contribution >= 4 is 15.9 Å². The third-order valence-corrected chi connectivity index (χ3v) is 3.34. The molecule has 1 heterocycles. The van der Waals surface area contributed by atoms with Crippen LogP contribution in [0.4, 0.5) is 0 Å². The number of aromatic nitrogens is 1. The van der Waals surface area contributed by atoms with Gasteiger partial charge in [0, 0.05) is 16.6 Å². The van der Waals surface area contributed by atoms with Gasteiger partial charge in [-0.15, -0.1) is 0 Å². The van der Waals surface area contributed by atoms with E-state index in [0.717, 1.165) is 21.5 Å². The molecule has 102 valence electrons. The number of oxazole rings is 1. The molecule has 0 saturated heterocycles. The summed E-state index contributed by atoms with van der Waals surface area (Å²) in [6.07, 6.45) is 1.73. The molecular formula is C14H17BrN2O2. The molecule has 0 aliphatic rings. The topological polar surface area (TPSA) is 47.3 Å². The van der Waals surface area contributed by atoms with Crippen molar-refractivity contribution in [1.29, 1.82) is 0 Å². The molecule has 1 aromatic carbocycles. The zero-order valence-electron chi connectivity index (χ0n) is 11.2. The summed E-state index contributed by atoms with van der Waals surface area (Å²) in [6, 6.07) is 6.00.